The first kappa shape index (κ1) is 25.7. The number of piperidine rings is 1. The third-order valence-electron chi connectivity index (χ3n) is 5.72. The van der Waals surface area contributed by atoms with E-state index in [1.54, 1.807) is 24.0 Å². The Labute approximate surface area is 203 Å². The molecule has 0 radical (unpaired) electrons. The molecule has 12 heteroatoms. The van der Waals surface area contributed by atoms with Gasteiger partial charge in [0.2, 0.25) is 27.7 Å². The fourth-order valence-corrected chi connectivity index (χ4v) is 6.08. The summed E-state index contributed by atoms with van der Waals surface area (Å²) in [5.74, 6) is -0.651. The molecular formula is C21H29ClN4O5S2. The quantitative estimate of drug-likeness (QED) is 0.519. The van der Waals surface area contributed by atoms with Crippen LogP contribution in [0.4, 0.5) is 0 Å². The van der Waals surface area contributed by atoms with Crippen LogP contribution >= 0.6 is 22.9 Å². The number of thiophene rings is 1. The van der Waals surface area contributed by atoms with Gasteiger partial charge in [0.1, 0.15) is 6.04 Å². The topological polar surface area (TPSA) is 116 Å². The van der Waals surface area contributed by atoms with E-state index in [4.69, 9.17) is 11.6 Å². The van der Waals surface area contributed by atoms with Crippen LogP contribution < -0.4 is 10.0 Å². The number of halogens is 1. The number of hydrogen-bond acceptors (Lipinski definition) is 6. The molecule has 2 fully saturated rings. The molecule has 0 spiro atoms. The van der Waals surface area contributed by atoms with Crippen molar-refractivity contribution in [3.63, 3.8) is 0 Å². The van der Waals surface area contributed by atoms with E-state index in [-0.39, 0.29) is 24.4 Å². The summed E-state index contributed by atoms with van der Waals surface area (Å²) < 4.78 is 27.9. The summed E-state index contributed by atoms with van der Waals surface area (Å²) in [7, 11) is -3.85. The summed E-state index contributed by atoms with van der Waals surface area (Å²) in [4.78, 5) is 41.2. The number of sulfonamides is 1. The molecule has 1 aromatic rings. The second kappa shape index (κ2) is 11.5. The van der Waals surface area contributed by atoms with Crippen LogP contribution in [0, 0.1) is 0 Å². The molecular weight excluding hydrogens is 488 g/mol. The fraction of sp³-hybridized carbons (Fsp3) is 0.571. The van der Waals surface area contributed by atoms with Gasteiger partial charge in [-0.25, -0.2) is 8.42 Å². The lowest BCUT2D eigenvalue weighted by Crippen LogP contribution is -2.55. The van der Waals surface area contributed by atoms with E-state index in [2.05, 4.69) is 10.0 Å². The molecule has 0 unspecified atom stereocenters. The van der Waals surface area contributed by atoms with E-state index in [9.17, 15) is 22.8 Å². The Kier molecular flexibility index (Phi) is 8.91. The number of nitrogens with zero attached hydrogens (tertiary/aromatic N) is 2. The second-order valence-electron chi connectivity index (χ2n) is 8.10. The van der Waals surface area contributed by atoms with Gasteiger partial charge in [0.25, 0.3) is 0 Å². The van der Waals surface area contributed by atoms with Crippen LogP contribution in [0.25, 0.3) is 6.08 Å². The Balaban J connectivity index is 1.56. The van der Waals surface area contributed by atoms with Gasteiger partial charge in [-0.05, 0) is 43.9 Å². The van der Waals surface area contributed by atoms with E-state index in [1.807, 2.05) is 0 Å². The number of likely N-dealkylation sites (tertiary alicyclic amines) is 2. The van der Waals surface area contributed by atoms with Crippen molar-refractivity contribution in [1.82, 2.24) is 19.8 Å². The van der Waals surface area contributed by atoms with Crippen molar-refractivity contribution in [3.8, 4) is 0 Å². The molecule has 33 heavy (non-hydrogen) atoms. The molecule has 0 aliphatic carbocycles. The summed E-state index contributed by atoms with van der Waals surface area (Å²) in [6.07, 6.45) is 4.42. The minimum absolute atomic E-state index is 0.0631. The first-order chi connectivity index (χ1) is 15.7. The SMILES string of the molecule is CCC(=O)NC[C@H]1CCCN1C(=O)CN1CCC[C@H](NS(=O)(=O)/C=C/c2ccc(Cl)s2)C1=O. The highest BCUT2D eigenvalue weighted by atomic mass is 35.5. The lowest BCUT2D eigenvalue weighted by atomic mass is 10.1. The van der Waals surface area contributed by atoms with Crippen LogP contribution in [0.1, 0.15) is 43.9 Å². The summed E-state index contributed by atoms with van der Waals surface area (Å²) in [5, 5.41) is 3.85. The predicted molar refractivity (Wildman–Crippen MR) is 128 cm³/mol. The highest BCUT2D eigenvalue weighted by Gasteiger charge is 2.35. The van der Waals surface area contributed by atoms with Crippen molar-refractivity contribution in [2.24, 2.45) is 0 Å². The van der Waals surface area contributed by atoms with Gasteiger partial charge in [0.15, 0.2) is 0 Å². The zero-order valence-electron chi connectivity index (χ0n) is 18.5. The van der Waals surface area contributed by atoms with Gasteiger partial charge in [0.05, 0.1) is 10.9 Å². The number of nitrogens with one attached hydrogen (secondary N) is 2. The third kappa shape index (κ3) is 7.26. The Morgan fingerprint density at radius 3 is 2.70 bits per heavy atom. The van der Waals surface area contributed by atoms with E-state index in [0.29, 0.717) is 48.1 Å². The normalized spacial score (nSPS) is 21.7. The number of hydrogen-bond donors (Lipinski definition) is 2. The second-order valence-corrected chi connectivity index (χ2v) is 11.4. The van der Waals surface area contributed by atoms with Gasteiger partial charge >= 0.3 is 0 Å². The maximum absolute atomic E-state index is 12.9. The molecule has 2 aliphatic rings. The van der Waals surface area contributed by atoms with Crippen LogP contribution in [-0.4, -0.2) is 74.2 Å². The van der Waals surface area contributed by atoms with Crippen molar-refractivity contribution >= 4 is 56.8 Å². The summed E-state index contributed by atoms with van der Waals surface area (Å²) in [6, 6.07) is 2.38. The van der Waals surface area contributed by atoms with Gasteiger partial charge in [-0.15, -0.1) is 11.3 Å². The third-order valence-corrected chi connectivity index (χ3v) is 8.03. The van der Waals surface area contributed by atoms with Crippen LogP contribution in [-0.2, 0) is 24.4 Å². The molecule has 2 atom stereocenters. The Bertz CT molecular complexity index is 1010. The smallest absolute Gasteiger partial charge is 0.242 e. The molecule has 0 bridgehead atoms. The van der Waals surface area contributed by atoms with Crippen molar-refractivity contribution < 1.29 is 22.8 Å². The first-order valence-electron chi connectivity index (χ1n) is 11.0. The number of rotatable bonds is 9. The van der Waals surface area contributed by atoms with Gasteiger partial charge in [-0.2, -0.15) is 4.72 Å². The number of amides is 3. The number of carbonyl (C=O) groups is 3. The Morgan fingerprint density at radius 1 is 1.24 bits per heavy atom. The average molecular weight is 517 g/mol. The van der Waals surface area contributed by atoms with E-state index in [0.717, 1.165) is 18.2 Å². The van der Waals surface area contributed by atoms with E-state index >= 15 is 0 Å². The summed E-state index contributed by atoms with van der Waals surface area (Å²) in [5.41, 5.74) is 0. The lowest BCUT2D eigenvalue weighted by Gasteiger charge is -2.34. The molecule has 3 rings (SSSR count). The molecule has 2 aliphatic heterocycles. The van der Waals surface area contributed by atoms with E-state index < -0.39 is 22.0 Å². The lowest BCUT2D eigenvalue weighted by molar-refractivity contribution is -0.143. The highest BCUT2D eigenvalue weighted by molar-refractivity contribution is 7.92. The van der Waals surface area contributed by atoms with Gasteiger partial charge in [0, 0.05) is 42.4 Å². The number of carbonyl (C=O) groups excluding carboxylic acids is 3. The van der Waals surface area contributed by atoms with Gasteiger partial charge in [-0.3, -0.25) is 14.4 Å². The molecule has 182 valence electrons. The molecule has 0 saturated carbocycles. The standard InChI is InChI=1S/C21H29ClN4O5S2/c1-2-19(27)23-13-15-5-3-11-26(15)20(28)14-25-10-4-6-17(21(25)29)24-33(30,31)12-9-16-7-8-18(22)32-16/h7-9,12,15,17,24H,2-6,10-11,13-14H2,1H3,(H,23,27)/b12-9+/t15-,17+/m1/s1. The zero-order valence-corrected chi connectivity index (χ0v) is 20.8. The maximum atomic E-state index is 12.9. The van der Waals surface area contributed by atoms with Crippen LogP contribution in [0.5, 0.6) is 0 Å². The van der Waals surface area contributed by atoms with Crippen LogP contribution in [0.15, 0.2) is 17.5 Å². The minimum Gasteiger partial charge on any atom is -0.354 e. The van der Waals surface area contributed by atoms with Gasteiger partial charge < -0.3 is 15.1 Å². The highest BCUT2D eigenvalue weighted by Crippen LogP contribution is 2.23. The molecule has 1 aromatic heterocycles. The minimum atomic E-state index is -3.85. The molecule has 2 saturated heterocycles. The zero-order chi connectivity index (χ0) is 24.0. The first-order valence-corrected chi connectivity index (χ1v) is 13.7. The molecule has 9 nitrogen and oxygen atoms in total. The van der Waals surface area contributed by atoms with Crippen LogP contribution in [0.3, 0.4) is 0 Å². The Morgan fingerprint density at radius 2 is 2.00 bits per heavy atom. The largest absolute Gasteiger partial charge is 0.354 e. The molecule has 2 N–H and O–H groups in total. The predicted octanol–water partition coefficient (Wildman–Crippen LogP) is 1.80. The van der Waals surface area contributed by atoms with Crippen molar-refractivity contribution in [1.29, 1.82) is 0 Å². The maximum Gasteiger partial charge on any atom is 0.242 e. The Hall–Kier alpha value is -1.95. The summed E-state index contributed by atoms with van der Waals surface area (Å²) in [6.45, 7) is 3.06. The van der Waals surface area contributed by atoms with E-state index in [1.165, 1.54) is 22.3 Å². The van der Waals surface area contributed by atoms with Crippen molar-refractivity contribution in [2.45, 2.75) is 51.1 Å². The average Bonchev–Trinajstić information content (AvgIpc) is 3.42. The fourth-order valence-electron chi connectivity index (χ4n) is 4.01. The summed E-state index contributed by atoms with van der Waals surface area (Å²) >= 11 is 7.10. The van der Waals surface area contributed by atoms with Crippen molar-refractivity contribution in [3.05, 3.63) is 26.8 Å². The molecule has 3 heterocycles. The molecule has 3 amide bonds. The monoisotopic (exact) mass is 516 g/mol. The molecule has 0 aromatic carbocycles. The van der Waals surface area contributed by atoms with Gasteiger partial charge in [-0.1, -0.05) is 18.5 Å². The van der Waals surface area contributed by atoms with Crippen LogP contribution in [0.2, 0.25) is 4.34 Å². The van der Waals surface area contributed by atoms with Crippen molar-refractivity contribution in [2.75, 3.05) is 26.2 Å².